The third-order valence-electron chi connectivity index (χ3n) is 2.87. The topological polar surface area (TPSA) is 76.2 Å². The van der Waals surface area contributed by atoms with Crippen molar-refractivity contribution in [3.8, 4) is 11.5 Å². The van der Waals surface area contributed by atoms with Gasteiger partial charge in [0.05, 0.1) is 11.1 Å². The van der Waals surface area contributed by atoms with Crippen molar-refractivity contribution in [1.29, 1.82) is 0 Å². The van der Waals surface area contributed by atoms with E-state index in [9.17, 15) is 23.1 Å². The molecule has 2 aromatic rings. The predicted octanol–water partition coefficient (Wildman–Crippen LogP) is 3.16. The van der Waals surface area contributed by atoms with Crippen LogP contribution in [0.1, 0.15) is 27.4 Å². The van der Waals surface area contributed by atoms with Gasteiger partial charge in [0.1, 0.15) is 6.42 Å². The Kier molecular flexibility index (Phi) is 3.71. The highest BCUT2D eigenvalue weighted by atomic mass is 19.4. The van der Waals surface area contributed by atoms with Crippen molar-refractivity contribution in [2.45, 2.75) is 26.4 Å². The number of rotatable bonds is 3. The van der Waals surface area contributed by atoms with E-state index in [1.54, 1.807) is 26.0 Å². The molecule has 2 rings (SSSR count). The van der Waals surface area contributed by atoms with Crippen LogP contribution in [0.5, 0.6) is 0 Å². The summed E-state index contributed by atoms with van der Waals surface area (Å²) in [6.45, 7) is 3.20. The lowest BCUT2D eigenvalue weighted by atomic mass is 9.97. The minimum atomic E-state index is -4.47. The molecular formula is C13H11F3N2O3. The van der Waals surface area contributed by atoms with Gasteiger partial charge in [-0.15, -0.1) is 10.2 Å². The monoisotopic (exact) mass is 300 g/mol. The fourth-order valence-electron chi connectivity index (χ4n) is 1.96. The van der Waals surface area contributed by atoms with Gasteiger partial charge in [0.25, 0.3) is 0 Å². The maximum atomic E-state index is 12.3. The third kappa shape index (κ3) is 3.21. The van der Waals surface area contributed by atoms with Crippen LogP contribution in [0.15, 0.2) is 16.5 Å². The summed E-state index contributed by atoms with van der Waals surface area (Å²) in [6, 6.07) is 3.25. The van der Waals surface area contributed by atoms with E-state index in [-0.39, 0.29) is 17.0 Å². The van der Waals surface area contributed by atoms with Gasteiger partial charge in [-0.3, -0.25) is 0 Å². The maximum Gasteiger partial charge on any atom is 0.397 e. The number of carboxylic acids is 1. The van der Waals surface area contributed by atoms with Crippen LogP contribution in [0.3, 0.4) is 0 Å². The molecule has 5 nitrogen and oxygen atoms in total. The number of halogens is 3. The van der Waals surface area contributed by atoms with E-state index in [0.29, 0.717) is 11.1 Å². The van der Waals surface area contributed by atoms with Crippen LogP contribution in [0.2, 0.25) is 0 Å². The zero-order valence-corrected chi connectivity index (χ0v) is 11.2. The molecule has 112 valence electrons. The molecule has 0 bridgehead atoms. The van der Waals surface area contributed by atoms with E-state index >= 15 is 0 Å². The molecule has 0 aliphatic rings. The molecule has 1 N–H and O–H groups in total. The third-order valence-corrected chi connectivity index (χ3v) is 2.87. The Morgan fingerprint density at radius 2 is 1.86 bits per heavy atom. The minimum Gasteiger partial charge on any atom is -0.478 e. The Hall–Kier alpha value is -2.38. The van der Waals surface area contributed by atoms with Crippen LogP contribution >= 0.6 is 0 Å². The summed E-state index contributed by atoms with van der Waals surface area (Å²) >= 11 is 0. The lowest BCUT2D eigenvalue weighted by Gasteiger charge is -2.08. The average Bonchev–Trinajstić information content (AvgIpc) is 2.76. The van der Waals surface area contributed by atoms with Gasteiger partial charge < -0.3 is 9.52 Å². The number of nitrogens with zero attached hydrogens (tertiary/aromatic N) is 2. The number of alkyl halides is 3. The number of hydrogen-bond acceptors (Lipinski definition) is 4. The smallest absolute Gasteiger partial charge is 0.397 e. The van der Waals surface area contributed by atoms with Gasteiger partial charge in [-0.05, 0) is 25.0 Å². The van der Waals surface area contributed by atoms with Gasteiger partial charge in [0.2, 0.25) is 11.8 Å². The predicted molar refractivity (Wildman–Crippen MR) is 65.9 cm³/mol. The summed E-state index contributed by atoms with van der Waals surface area (Å²) < 4.78 is 41.8. The first-order valence-electron chi connectivity index (χ1n) is 5.92. The zero-order chi connectivity index (χ0) is 15.8. The maximum absolute atomic E-state index is 12.3. The molecule has 21 heavy (non-hydrogen) atoms. The van der Waals surface area contributed by atoms with Crippen molar-refractivity contribution >= 4 is 5.97 Å². The number of carboxylic acid groups (broad SMARTS) is 1. The second kappa shape index (κ2) is 5.19. The first kappa shape index (κ1) is 15.0. The summed E-state index contributed by atoms with van der Waals surface area (Å²) in [6.07, 6.45) is -5.83. The molecule has 0 amide bonds. The van der Waals surface area contributed by atoms with E-state index in [4.69, 9.17) is 4.42 Å². The highest BCUT2D eigenvalue weighted by Gasteiger charge is 2.31. The number of benzene rings is 1. The van der Waals surface area contributed by atoms with E-state index in [1.165, 1.54) is 0 Å². The highest BCUT2D eigenvalue weighted by molar-refractivity contribution is 5.97. The largest absolute Gasteiger partial charge is 0.478 e. The minimum absolute atomic E-state index is 0.0581. The van der Waals surface area contributed by atoms with Crippen molar-refractivity contribution in [3.63, 3.8) is 0 Å². The summed E-state index contributed by atoms with van der Waals surface area (Å²) in [7, 11) is 0. The van der Waals surface area contributed by atoms with Crippen LogP contribution in [0.25, 0.3) is 11.5 Å². The van der Waals surface area contributed by atoms with Gasteiger partial charge in [-0.2, -0.15) is 13.2 Å². The number of aryl methyl sites for hydroxylation is 2. The Morgan fingerprint density at radius 1 is 1.24 bits per heavy atom. The van der Waals surface area contributed by atoms with E-state index in [2.05, 4.69) is 10.2 Å². The van der Waals surface area contributed by atoms with E-state index in [1.807, 2.05) is 0 Å². The second-order valence-electron chi connectivity index (χ2n) is 4.55. The van der Waals surface area contributed by atoms with Crippen molar-refractivity contribution in [1.82, 2.24) is 10.2 Å². The van der Waals surface area contributed by atoms with Gasteiger partial charge in [-0.1, -0.05) is 12.1 Å². The summed E-state index contributed by atoms with van der Waals surface area (Å²) in [5.41, 5.74) is 1.07. The average molecular weight is 300 g/mol. The number of aromatic carboxylic acids is 1. The number of carbonyl (C=O) groups is 1. The van der Waals surface area contributed by atoms with Gasteiger partial charge in [0, 0.05) is 0 Å². The Bertz CT molecular complexity index is 692. The zero-order valence-electron chi connectivity index (χ0n) is 11.2. The fraction of sp³-hybridized carbons (Fsp3) is 0.308. The quantitative estimate of drug-likeness (QED) is 0.942. The lowest BCUT2D eigenvalue weighted by molar-refractivity contribution is -0.130. The molecule has 0 aliphatic carbocycles. The molecule has 0 unspecified atom stereocenters. The van der Waals surface area contributed by atoms with Crippen molar-refractivity contribution in [2.75, 3.05) is 0 Å². The molecule has 0 saturated heterocycles. The van der Waals surface area contributed by atoms with Gasteiger partial charge in [0.15, 0.2) is 0 Å². The Balaban J connectivity index is 2.52. The fourth-order valence-corrected chi connectivity index (χ4v) is 1.96. The van der Waals surface area contributed by atoms with Crippen molar-refractivity contribution in [2.24, 2.45) is 0 Å². The molecule has 0 radical (unpaired) electrons. The van der Waals surface area contributed by atoms with Crippen LogP contribution < -0.4 is 0 Å². The standard InChI is InChI=1S/C13H11F3N2O3/c1-6-3-4-7(2)10(12(19)20)9(6)11-18-17-8(21-11)5-13(14,15)16/h3-4H,5H2,1-2H3,(H,19,20). The van der Waals surface area contributed by atoms with Gasteiger partial charge >= 0.3 is 12.1 Å². The second-order valence-corrected chi connectivity index (χ2v) is 4.55. The van der Waals surface area contributed by atoms with Crippen LogP contribution in [0, 0.1) is 13.8 Å². The molecule has 0 saturated carbocycles. The molecule has 0 atom stereocenters. The highest BCUT2D eigenvalue weighted by Crippen LogP contribution is 2.30. The van der Waals surface area contributed by atoms with Crippen molar-refractivity contribution in [3.05, 3.63) is 34.7 Å². The Morgan fingerprint density at radius 3 is 2.43 bits per heavy atom. The number of aromatic nitrogens is 2. The van der Waals surface area contributed by atoms with Crippen LogP contribution in [0.4, 0.5) is 13.2 Å². The molecule has 0 aliphatic heterocycles. The first-order chi connectivity index (χ1) is 9.69. The van der Waals surface area contributed by atoms with E-state index < -0.39 is 24.5 Å². The molecule has 0 spiro atoms. The summed E-state index contributed by atoms with van der Waals surface area (Å²) in [5, 5.41) is 16.1. The van der Waals surface area contributed by atoms with Gasteiger partial charge in [-0.25, -0.2) is 4.79 Å². The molecule has 1 heterocycles. The first-order valence-corrected chi connectivity index (χ1v) is 5.92. The summed E-state index contributed by atoms with van der Waals surface area (Å²) in [5.74, 6) is -2.04. The Labute approximate surface area is 117 Å². The number of hydrogen-bond donors (Lipinski definition) is 1. The molecule has 8 heteroatoms. The molecular weight excluding hydrogens is 289 g/mol. The molecule has 0 fully saturated rings. The SMILES string of the molecule is Cc1ccc(C)c(-c2nnc(CC(F)(F)F)o2)c1C(=O)O. The summed E-state index contributed by atoms with van der Waals surface area (Å²) in [4.78, 5) is 11.3. The lowest BCUT2D eigenvalue weighted by Crippen LogP contribution is -2.11. The molecule has 1 aromatic carbocycles. The van der Waals surface area contributed by atoms with Crippen molar-refractivity contribution < 1.29 is 27.5 Å². The van der Waals surface area contributed by atoms with E-state index in [0.717, 1.165) is 0 Å². The van der Waals surface area contributed by atoms with Crippen LogP contribution in [-0.2, 0) is 6.42 Å². The van der Waals surface area contributed by atoms with Crippen LogP contribution in [-0.4, -0.2) is 27.4 Å². The normalized spacial score (nSPS) is 11.7. The molecule has 1 aromatic heterocycles.